The van der Waals surface area contributed by atoms with Crippen LogP contribution in [0.1, 0.15) is 80.0 Å². The second-order valence-electron chi connectivity index (χ2n) is 12.3. The van der Waals surface area contributed by atoms with Gasteiger partial charge in [-0.15, -0.1) is 0 Å². The molecule has 0 saturated carbocycles. The van der Waals surface area contributed by atoms with E-state index in [1.54, 1.807) is 12.1 Å². The highest BCUT2D eigenvalue weighted by Crippen LogP contribution is 2.26. The maximum Gasteiger partial charge on any atom is 0.224 e. The van der Waals surface area contributed by atoms with E-state index in [0.29, 0.717) is 57.9 Å². The van der Waals surface area contributed by atoms with Gasteiger partial charge in [-0.3, -0.25) is 24.6 Å². The molecule has 0 fully saturated rings. The molecule has 2 rings (SSSR count). The van der Waals surface area contributed by atoms with Crippen LogP contribution in [-0.4, -0.2) is 53.0 Å². The van der Waals surface area contributed by atoms with Gasteiger partial charge in [0.25, 0.3) is 0 Å². The van der Waals surface area contributed by atoms with E-state index in [9.17, 15) is 24.3 Å². The molecule has 11 N–H and O–H groups in total. The molecule has 0 unspecified atom stereocenters. The average Bonchev–Trinajstić information content (AvgIpc) is 2.99. The number of Topliss-reactive ketones (excluding diaryl/α,β-unsaturated/α-hetero) is 2. The maximum atomic E-state index is 13.9. The number of aryl methyl sites for hydroxylation is 2. The normalized spacial score (nSPS) is 13.7. The fourth-order valence-corrected chi connectivity index (χ4v) is 5.68. The molecule has 4 atom stereocenters. The summed E-state index contributed by atoms with van der Waals surface area (Å²) < 4.78 is 0. The molecule has 0 radical (unpaired) electrons. The first kappa shape index (κ1) is 38.1. The number of phenolic OH excluding ortho intramolecular Hbond substituents is 1. The molecule has 0 heterocycles. The molecule has 0 spiro atoms. The number of amidine groups is 1. The van der Waals surface area contributed by atoms with Gasteiger partial charge in [-0.1, -0.05) is 36.8 Å². The monoisotopic (exact) mass is 636 g/mol. The summed E-state index contributed by atoms with van der Waals surface area (Å²) >= 11 is 0. The molecular formula is C35H52N6O5. The van der Waals surface area contributed by atoms with E-state index >= 15 is 0 Å². The fraction of sp³-hybridized carbons (Fsp3) is 0.514. The van der Waals surface area contributed by atoms with E-state index < -0.39 is 35.7 Å². The van der Waals surface area contributed by atoms with Gasteiger partial charge < -0.3 is 33.4 Å². The summed E-state index contributed by atoms with van der Waals surface area (Å²) in [6.45, 7) is 4.08. The van der Waals surface area contributed by atoms with Crippen LogP contribution >= 0.6 is 0 Å². The van der Waals surface area contributed by atoms with Gasteiger partial charge >= 0.3 is 0 Å². The molecular weight excluding hydrogens is 584 g/mol. The van der Waals surface area contributed by atoms with Crippen LogP contribution in [0.3, 0.4) is 0 Å². The number of hydrogen-bond acceptors (Lipinski definition) is 8. The molecule has 2 aromatic rings. The number of aromatic hydroxyl groups is 1. The number of hydrogen-bond donors (Lipinski definition) is 7. The average molecular weight is 637 g/mol. The summed E-state index contributed by atoms with van der Waals surface area (Å²) in [4.78, 5) is 53.2. The molecule has 0 bridgehead atoms. The Kier molecular flexibility index (Phi) is 16.1. The van der Waals surface area contributed by atoms with Gasteiger partial charge in [-0.05, 0) is 99.7 Å². The van der Waals surface area contributed by atoms with Crippen LogP contribution in [-0.2, 0) is 32.0 Å². The SMILES string of the molecule is Cc1cc(O)cc(C)c1C[C@H](CC(=O)[C@H](N)CCCCC(=N)N)C(=O)N[C@@H](CCCCN)C(=O)C[C@@H](Cc1ccccc1)C(N)=O. The van der Waals surface area contributed by atoms with Crippen molar-refractivity contribution in [3.05, 3.63) is 64.7 Å². The van der Waals surface area contributed by atoms with Gasteiger partial charge in [0.15, 0.2) is 5.78 Å². The van der Waals surface area contributed by atoms with Crippen LogP contribution in [0.5, 0.6) is 5.75 Å². The van der Waals surface area contributed by atoms with Crippen molar-refractivity contribution in [1.82, 2.24) is 5.32 Å². The third kappa shape index (κ3) is 13.1. The van der Waals surface area contributed by atoms with E-state index in [1.165, 1.54) is 0 Å². The Morgan fingerprint density at radius 1 is 0.848 bits per heavy atom. The Hall–Kier alpha value is -4.09. The summed E-state index contributed by atoms with van der Waals surface area (Å²) in [7, 11) is 0. The predicted octanol–water partition coefficient (Wildman–Crippen LogP) is 2.87. The first-order valence-electron chi connectivity index (χ1n) is 16.1. The zero-order valence-electron chi connectivity index (χ0n) is 27.2. The van der Waals surface area contributed by atoms with E-state index in [2.05, 4.69) is 5.32 Å². The Balaban J connectivity index is 2.29. The predicted molar refractivity (Wildman–Crippen MR) is 180 cm³/mol. The molecule has 252 valence electrons. The van der Waals surface area contributed by atoms with Crippen LogP contribution in [0.25, 0.3) is 0 Å². The lowest BCUT2D eigenvalue weighted by Crippen LogP contribution is -2.46. The molecule has 11 heteroatoms. The lowest BCUT2D eigenvalue weighted by molar-refractivity contribution is -0.133. The van der Waals surface area contributed by atoms with Crippen molar-refractivity contribution in [3.8, 4) is 5.75 Å². The number of amides is 2. The molecule has 11 nitrogen and oxygen atoms in total. The number of benzene rings is 2. The van der Waals surface area contributed by atoms with Gasteiger partial charge in [0.2, 0.25) is 11.8 Å². The number of rotatable bonds is 22. The smallest absolute Gasteiger partial charge is 0.224 e. The summed E-state index contributed by atoms with van der Waals surface area (Å²) in [5, 5.41) is 20.3. The fourth-order valence-electron chi connectivity index (χ4n) is 5.68. The maximum absolute atomic E-state index is 13.9. The number of phenols is 1. The minimum Gasteiger partial charge on any atom is -0.508 e. The molecule has 0 aromatic heterocycles. The van der Waals surface area contributed by atoms with Crippen molar-refractivity contribution in [1.29, 1.82) is 5.41 Å². The quantitative estimate of drug-likeness (QED) is 0.0576. The first-order chi connectivity index (χ1) is 21.8. The molecule has 0 aliphatic heterocycles. The van der Waals surface area contributed by atoms with Crippen molar-refractivity contribution in [3.63, 3.8) is 0 Å². The van der Waals surface area contributed by atoms with Crippen LogP contribution in [0.4, 0.5) is 0 Å². The zero-order chi connectivity index (χ0) is 34.2. The van der Waals surface area contributed by atoms with E-state index in [1.807, 2.05) is 44.2 Å². The van der Waals surface area contributed by atoms with Crippen LogP contribution in [0.15, 0.2) is 42.5 Å². The number of unbranched alkanes of at least 4 members (excludes halogenated alkanes) is 2. The number of carbonyl (C=O) groups is 4. The Labute approximate surface area is 272 Å². The topological polar surface area (TPSA) is 228 Å². The van der Waals surface area contributed by atoms with Crippen LogP contribution in [0, 0.1) is 31.1 Å². The van der Waals surface area contributed by atoms with Crippen molar-refractivity contribution >= 4 is 29.2 Å². The van der Waals surface area contributed by atoms with E-state index in [-0.39, 0.29) is 42.4 Å². The Morgan fingerprint density at radius 2 is 1.46 bits per heavy atom. The minimum atomic E-state index is -0.892. The number of nitrogens with two attached hydrogens (primary N) is 4. The standard InChI is InChI=1S/C35H52N6O5/c1-22-16-27(42)17-23(2)28(22)19-26(21-31(43)29(37)12-6-7-14-33(38)39)35(46)41-30(13-8-9-15-36)32(44)20-25(34(40)45)18-24-10-4-3-5-11-24/h3-5,10-11,16-17,25-26,29-30,42H,6-9,12-15,18-21,36-37H2,1-2H3,(H3,38,39)(H2,40,45)(H,41,46)/t25-,26-,29-,30+/m1/s1. The van der Waals surface area contributed by atoms with Crippen molar-refractivity contribution in [2.45, 2.75) is 96.6 Å². The van der Waals surface area contributed by atoms with E-state index in [0.717, 1.165) is 22.3 Å². The van der Waals surface area contributed by atoms with Crippen molar-refractivity contribution < 1.29 is 24.3 Å². The third-order valence-corrected chi connectivity index (χ3v) is 8.40. The molecule has 2 amide bonds. The first-order valence-corrected chi connectivity index (χ1v) is 16.1. The molecule has 0 saturated heterocycles. The molecule has 0 aliphatic carbocycles. The molecule has 0 aliphatic rings. The lowest BCUT2D eigenvalue weighted by Gasteiger charge is -2.25. The highest BCUT2D eigenvalue weighted by atomic mass is 16.3. The summed E-state index contributed by atoms with van der Waals surface area (Å²) in [6.07, 6.45) is 3.85. The van der Waals surface area contributed by atoms with Gasteiger partial charge in [0, 0.05) is 31.1 Å². The molecule has 2 aromatic carbocycles. The summed E-state index contributed by atoms with van der Waals surface area (Å²) in [5.41, 5.74) is 26.3. The number of ketones is 2. The van der Waals surface area contributed by atoms with Crippen molar-refractivity contribution in [2.75, 3.05) is 6.54 Å². The highest BCUT2D eigenvalue weighted by molar-refractivity contribution is 5.94. The van der Waals surface area contributed by atoms with Crippen LogP contribution in [0.2, 0.25) is 0 Å². The summed E-state index contributed by atoms with van der Waals surface area (Å²) in [5.74, 6) is -3.04. The molecule has 46 heavy (non-hydrogen) atoms. The lowest BCUT2D eigenvalue weighted by atomic mass is 9.86. The largest absolute Gasteiger partial charge is 0.508 e. The second kappa shape index (κ2) is 19.4. The second-order valence-corrected chi connectivity index (χ2v) is 12.3. The van der Waals surface area contributed by atoms with Crippen molar-refractivity contribution in [2.24, 2.45) is 34.8 Å². The van der Waals surface area contributed by atoms with Gasteiger partial charge in [0.05, 0.1) is 17.9 Å². The Morgan fingerprint density at radius 3 is 2.04 bits per heavy atom. The number of nitrogens with one attached hydrogen (secondary N) is 2. The van der Waals surface area contributed by atoms with E-state index in [4.69, 9.17) is 28.3 Å². The Bertz CT molecular complexity index is 1310. The van der Waals surface area contributed by atoms with Gasteiger partial charge in [-0.2, -0.15) is 0 Å². The third-order valence-electron chi connectivity index (χ3n) is 8.40. The zero-order valence-corrected chi connectivity index (χ0v) is 27.2. The number of carbonyl (C=O) groups excluding carboxylic acids is 4. The van der Waals surface area contributed by atoms with Gasteiger partial charge in [-0.25, -0.2) is 0 Å². The minimum absolute atomic E-state index is 0.0778. The van der Waals surface area contributed by atoms with Gasteiger partial charge in [0.1, 0.15) is 11.5 Å². The van der Waals surface area contributed by atoms with Crippen LogP contribution < -0.4 is 28.3 Å². The number of primary amides is 1. The summed E-state index contributed by atoms with van der Waals surface area (Å²) in [6, 6.07) is 10.8. The highest BCUT2D eigenvalue weighted by Gasteiger charge is 2.31.